The highest BCUT2D eigenvalue weighted by molar-refractivity contribution is 7.19. The second-order valence-electron chi connectivity index (χ2n) is 9.91. The Morgan fingerprint density at radius 2 is 1.85 bits per heavy atom. The Hall–Kier alpha value is -3.40. The van der Waals surface area contributed by atoms with Gasteiger partial charge in [-0.2, -0.15) is 0 Å². The monoisotopic (exact) mass is 566 g/mol. The number of ether oxygens (including phenoxy) is 1. The molecular weight excluding hydrogens is 536 g/mol. The van der Waals surface area contributed by atoms with Gasteiger partial charge in [0.2, 0.25) is 0 Å². The Balaban J connectivity index is 1.39. The van der Waals surface area contributed by atoms with E-state index >= 15 is 0 Å². The lowest BCUT2D eigenvalue weighted by atomic mass is 10.0. The van der Waals surface area contributed by atoms with Crippen molar-refractivity contribution in [2.45, 2.75) is 51.9 Å². The lowest BCUT2D eigenvalue weighted by molar-refractivity contribution is 0.0460. The number of aromatic nitrogens is 2. The summed E-state index contributed by atoms with van der Waals surface area (Å²) in [5, 5.41) is 7.37. The van der Waals surface area contributed by atoms with E-state index in [0.717, 1.165) is 41.9 Å². The predicted octanol–water partition coefficient (Wildman–Crippen LogP) is 5.87. The van der Waals surface area contributed by atoms with Crippen LogP contribution in [0.1, 0.15) is 58.9 Å². The van der Waals surface area contributed by atoms with E-state index in [1.807, 2.05) is 42.5 Å². The maximum atomic E-state index is 13.5. The van der Waals surface area contributed by atoms with Gasteiger partial charge in [-0.15, -0.1) is 11.3 Å². The van der Waals surface area contributed by atoms with Crippen LogP contribution in [0.3, 0.4) is 0 Å². The van der Waals surface area contributed by atoms with Crippen molar-refractivity contribution in [2.24, 2.45) is 0 Å². The average Bonchev–Trinajstić information content (AvgIpc) is 3.68. The minimum Gasteiger partial charge on any atom is -0.456 e. The minimum atomic E-state index is -0.521. The molecule has 1 aromatic carbocycles. The van der Waals surface area contributed by atoms with Gasteiger partial charge in [0, 0.05) is 30.1 Å². The fraction of sp³-hybridized carbons (Fsp3) is 0.345. The molecule has 5 rings (SSSR count). The number of piperidine rings is 1. The van der Waals surface area contributed by atoms with Crippen LogP contribution in [0.2, 0.25) is 4.34 Å². The number of esters is 1. The first kappa shape index (κ1) is 27.2. The Morgan fingerprint density at radius 1 is 1.10 bits per heavy atom. The SMILES string of the molecule is CC(C)N1CCC(NC(=O)c2ccc(C(=O)OCc3ccccc3)n2Cc2nocc2-c2ccc(Cl)s2)CC1. The van der Waals surface area contributed by atoms with Crippen LogP contribution in [0.25, 0.3) is 10.4 Å². The number of rotatable bonds is 9. The van der Waals surface area contributed by atoms with E-state index in [0.29, 0.717) is 21.8 Å². The molecule has 0 unspecified atom stereocenters. The van der Waals surface area contributed by atoms with Crippen molar-refractivity contribution in [1.82, 2.24) is 19.9 Å². The number of carbonyl (C=O) groups is 2. The van der Waals surface area contributed by atoms with Gasteiger partial charge in [0.15, 0.2) is 0 Å². The van der Waals surface area contributed by atoms with Gasteiger partial charge in [0.05, 0.1) is 16.4 Å². The van der Waals surface area contributed by atoms with Crippen molar-refractivity contribution >= 4 is 34.8 Å². The summed E-state index contributed by atoms with van der Waals surface area (Å²) in [6.45, 7) is 6.53. The number of hydrogen-bond acceptors (Lipinski definition) is 7. The third kappa shape index (κ3) is 6.43. The molecule has 1 aliphatic heterocycles. The van der Waals surface area contributed by atoms with Gasteiger partial charge in [0.25, 0.3) is 5.91 Å². The van der Waals surface area contributed by atoms with E-state index in [2.05, 4.69) is 29.2 Å². The smallest absolute Gasteiger partial charge is 0.355 e. The van der Waals surface area contributed by atoms with Gasteiger partial charge in [-0.1, -0.05) is 47.1 Å². The number of benzene rings is 1. The zero-order chi connectivity index (χ0) is 27.4. The summed E-state index contributed by atoms with van der Waals surface area (Å²) in [5.74, 6) is -0.753. The summed E-state index contributed by atoms with van der Waals surface area (Å²) < 4.78 is 13.2. The molecule has 0 radical (unpaired) electrons. The molecule has 4 aromatic rings. The van der Waals surface area contributed by atoms with Gasteiger partial charge in [-0.05, 0) is 56.5 Å². The van der Waals surface area contributed by atoms with Crippen molar-refractivity contribution < 1.29 is 18.8 Å². The molecule has 10 heteroatoms. The lowest BCUT2D eigenvalue weighted by Crippen LogP contribution is -2.47. The highest BCUT2D eigenvalue weighted by Crippen LogP contribution is 2.33. The summed E-state index contributed by atoms with van der Waals surface area (Å²) in [6.07, 6.45) is 3.31. The summed E-state index contributed by atoms with van der Waals surface area (Å²) >= 11 is 7.56. The van der Waals surface area contributed by atoms with Crippen molar-refractivity contribution in [2.75, 3.05) is 13.1 Å². The highest BCUT2D eigenvalue weighted by atomic mass is 35.5. The van der Waals surface area contributed by atoms with Crippen LogP contribution in [0.15, 0.2) is 65.4 Å². The first-order chi connectivity index (χ1) is 18.9. The molecule has 39 heavy (non-hydrogen) atoms. The van der Waals surface area contributed by atoms with Gasteiger partial charge in [0.1, 0.15) is 30.0 Å². The minimum absolute atomic E-state index is 0.0696. The second kappa shape index (κ2) is 12.2. The summed E-state index contributed by atoms with van der Waals surface area (Å²) in [7, 11) is 0. The van der Waals surface area contributed by atoms with Crippen LogP contribution < -0.4 is 5.32 Å². The Morgan fingerprint density at radius 3 is 2.54 bits per heavy atom. The first-order valence-electron chi connectivity index (χ1n) is 13.0. The fourth-order valence-electron chi connectivity index (χ4n) is 4.81. The molecule has 1 fully saturated rings. The molecule has 1 amide bonds. The molecule has 1 aliphatic rings. The van der Waals surface area contributed by atoms with Crippen LogP contribution in [0.4, 0.5) is 0 Å². The summed E-state index contributed by atoms with van der Waals surface area (Å²) in [4.78, 5) is 30.0. The lowest BCUT2D eigenvalue weighted by Gasteiger charge is -2.34. The molecule has 0 atom stereocenters. The second-order valence-corrected chi connectivity index (χ2v) is 11.6. The van der Waals surface area contributed by atoms with Crippen LogP contribution in [0.5, 0.6) is 0 Å². The Labute approximate surface area is 236 Å². The number of likely N-dealkylation sites (tertiary alicyclic amines) is 1. The van der Waals surface area contributed by atoms with Crippen LogP contribution >= 0.6 is 22.9 Å². The molecule has 0 aliphatic carbocycles. The number of carbonyl (C=O) groups excluding carboxylic acids is 2. The van der Waals surface area contributed by atoms with Crippen molar-refractivity contribution in [3.05, 3.63) is 87.8 Å². The van der Waals surface area contributed by atoms with E-state index in [9.17, 15) is 9.59 Å². The molecule has 1 N–H and O–H groups in total. The summed E-state index contributed by atoms with van der Waals surface area (Å²) in [5.41, 5.74) is 2.86. The van der Waals surface area contributed by atoms with E-state index in [1.165, 1.54) is 11.3 Å². The normalized spacial score (nSPS) is 14.6. The van der Waals surface area contributed by atoms with E-state index in [4.69, 9.17) is 20.9 Å². The van der Waals surface area contributed by atoms with Crippen molar-refractivity contribution in [3.63, 3.8) is 0 Å². The largest absolute Gasteiger partial charge is 0.456 e. The van der Waals surface area contributed by atoms with Crippen molar-refractivity contribution in [1.29, 1.82) is 0 Å². The highest BCUT2D eigenvalue weighted by Gasteiger charge is 2.27. The predicted molar refractivity (Wildman–Crippen MR) is 151 cm³/mol. The van der Waals surface area contributed by atoms with E-state index < -0.39 is 5.97 Å². The molecule has 0 saturated carbocycles. The van der Waals surface area contributed by atoms with Crippen LogP contribution in [0, 0.1) is 0 Å². The van der Waals surface area contributed by atoms with Gasteiger partial charge in [-0.25, -0.2) is 4.79 Å². The topological polar surface area (TPSA) is 89.6 Å². The molecule has 3 aromatic heterocycles. The zero-order valence-electron chi connectivity index (χ0n) is 21.9. The third-order valence-electron chi connectivity index (χ3n) is 7.02. The average molecular weight is 567 g/mol. The maximum Gasteiger partial charge on any atom is 0.355 e. The number of halogens is 1. The number of nitrogens with one attached hydrogen (secondary N) is 1. The Kier molecular flexibility index (Phi) is 8.50. The standard InChI is InChI=1S/C29H31ClN4O4S/c1-19(2)33-14-12-21(13-15-33)31-28(35)24-8-9-25(29(36)37-17-20-6-4-3-5-7-20)34(24)16-23-22(18-38-32-23)26-10-11-27(30)39-26/h3-11,18-19,21H,12-17H2,1-2H3,(H,31,35). The summed E-state index contributed by atoms with van der Waals surface area (Å²) in [6, 6.07) is 17.0. The van der Waals surface area contributed by atoms with Gasteiger partial charge in [-0.3, -0.25) is 4.79 Å². The molecule has 0 spiro atoms. The molecule has 204 valence electrons. The van der Waals surface area contributed by atoms with E-state index in [1.54, 1.807) is 23.0 Å². The van der Waals surface area contributed by atoms with Crippen LogP contribution in [-0.4, -0.2) is 51.7 Å². The Bertz CT molecular complexity index is 1420. The van der Waals surface area contributed by atoms with Crippen LogP contribution in [-0.2, 0) is 17.9 Å². The van der Waals surface area contributed by atoms with Gasteiger partial charge < -0.3 is 24.0 Å². The molecule has 1 saturated heterocycles. The van der Waals surface area contributed by atoms with Gasteiger partial charge >= 0.3 is 5.97 Å². The number of thiophene rings is 1. The molecular formula is C29H31ClN4O4S. The number of nitrogens with zero attached hydrogens (tertiary/aromatic N) is 3. The van der Waals surface area contributed by atoms with E-state index in [-0.39, 0.29) is 30.8 Å². The molecule has 0 bridgehead atoms. The molecule has 4 heterocycles. The zero-order valence-corrected chi connectivity index (χ0v) is 23.5. The number of hydrogen-bond donors (Lipinski definition) is 1. The quantitative estimate of drug-likeness (QED) is 0.255. The third-order valence-corrected chi connectivity index (χ3v) is 8.29. The maximum absolute atomic E-state index is 13.5. The first-order valence-corrected chi connectivity index (χ1v) is 14.2. The molecule has 8 nitrogen and oxygen atoms in total. The number of amides is 1. The fourth-order valence-corrected chi connectivity index (χ4v) is 5.88. The van der Waals surface area contributed by atoms with Crippen molar-refractivity contribution in [3.8, 4) is 10.4 Å².